The number of aromatic amines is 1. The molecule has 152 valence electrons. The number of H-pyrrole nitrogens is 1. The lowest BCUT2D eigenvalue weighted by atomic mass is 10.3. The van der Waals surface area contributed by atoms with Gasteiger partial charge in [0.2, 0.25) is 0 Å². The lowest BCUT2D eigenvalue weighted by Gasteiger charge is -2.07. The quantitative estimate of drug-likeness (QED) is 0.405. The van der Waals surface area contributed by atoms with E-state index in [1.54, 1.807) is 23.9 Å². The number of alkyl halides is 2. The van der Waals surface area contributed by atoms with Crippen LogP contribution in [0.5, 0.6) is 0 Å². The summed E-state index contributed by atoms with van der Waals surface area (Å²) in [4.78, 5) is 17.6. The van der Waals surface area contributed by atoms with Crippen molar-refractivity contribution in [3.05, 3.63) is 54.1 Å². The van der Waals surface area contributed by atoms with E-state index in [1.807, 2.05) is 25.1 Å². The summed E-state index contributed by atoms with van der Waals surface area (Å²) in [5.41, 5.74) is 7.51. The summed E-state index contributed by atoms with van der Waals surface area (Å²) in [6.07, 6.45) is 4.09. The molecule has 0 radical (unpaired) electrons. The van der Waals surface area contributed by atoms with Crippen molar-refractivity contribution >= 4 is 34.3 Å². The van der Waals surface area contributed by atoms with Crippen molar-refractivity contribution in [3.8, 4) is 0 Å². The van der Waals surface area contributed by atoms with E-state index >= 15 is 0 Å². The van der Waals surface area contributed by atoms with Crippen LogP contribution in [-0.4, -0.2) is 39.5 Å². The smallest absolute Gasteiger partial charge is 0.332 e. The Hall–Kier alpha value is -3.14. The van der Waals surface area contributed by atoms with Crippen LogP contribution in [0.4, 0.5) is 8.78 Å². The predicted octanol–water partition coefficient (Wildman–Crippen LogP) is 3.23. The van der Waals surface area contributed by atoms with Gasteiger partial charge in [-0.15, -0.1) is 0 Å². The van der Waals surface area contributed by atoms with Crippen LogP contribution in [0.25, 0.3) is 10.9 Å². The molecule has 0 aliphatic heterocycles. The number of benzene rings is 1. The third-order valence-corrected chi connectivity index (χ3v) is 5.47. The molecule has 7 nitrogen and oxygen atoms in total. The highest BCUT2D eigenvalue weighted by molar-refractivity contribution is 7.99. The molecule has 3 rings (SSSR count). The van der Waals surface area contributed by atoms with Crippen LogP contribution in [0.3, 0.4) is 0 Å². The van der Waals surface area contributed by atoms with Gasteiger partial charge in [-0.1, -0.05) is 11.8 Å². The summed E-state index contributed by atoms with van der Waals surface area (Å²) >= 11 is 1.53. The van der Waals surface area contributed by atoms with Crippen LogP contribution >= 0.6 is 11.8 Å². The van der Waals surface area contributed by atoms with Gasteiger partial charge in [-0.25, -0.2) is 4.99 Å². The van der Waals surface area contributed by atoms with Crippen LogP contribution in [0, 0.1) is 6.92 Å². The van der Waals surface area contributed by atoms with Crippen molar-refractivity contribution in [2.24, 2.45) is 17.8 Å². The number of halogens is 2. The molecule has 2 heterocycles. The molecule has 1 amide bonds. The van der Waals surface area contributed by atoms with Crippen molar-refractivity contribution in [2.45, 2.75) is 23.3 Å². The molecule has 3 aromatic rings. The number of fused-ring (bicyclic) bond motifs is 1. The molecule has 10 heteroatoms. The van der Waals surface area contributed by atoms with Crippen LogP contribution in [0.2, 0.25) is 0 Å². The second-order valence-electron chi connectivity index (χ2n) is 6.20. The number of hydrogen-bond donors (Lipinski definition) is 3. The molecular formula is C19H20F2N6OS. The second kappa shape index (κ2) is 8.91. The van der Waals surface area contributed by atoms with Crippen molar-refractivity contribution in [3.63, 3.8) is 0 Å². The molecule has 0 fully saturated rings. The number of rotatable bonds is 7. The summed E-state index contributed by atoms with van der Waals surface area (Å²) in [5, 5.41) is 10.5. The first kappa shape index (κ1) is 20.6. The molecule has 0 spiro atoms. The average Bonchev–Trinajstić information content (AvgIpc) is 3.25. The molecule has 1 aromatic carbocycles. The molecule has 0 saturated heterocycles. The van der Waals surface area contributed by atoms with Crippen molar-refractivity contribution < 1.29 is 13.6 Å². The van der Waals surface area contributed by atoms with E-state index in [4.69, 9.17) is 5.73 Å². The van der Waals surface area contributed by atoms with E-state index in [0.717, 1.165) is 32.6 Å². The molecule has 2 aromatic heterocycles. The number of aromatic nitrogens is 3. The Balaban J connectivity index is 1.76. The third kappa shape index (κ3) is 4.83. The fourth-order valence-electron chi connectivity index (χ4n) is 2.75. The lowest BCUT2D eigenvalue weighted by molar-refractivity contribution is 0.0950. The van der Waals surface area contributed by atoms with Gasteiger partial charge in [0.25, 0.3) is 5.91 Å². The SMILES string of the molecule is Cc1c(Sc2ccc3[nH]ncc3c2)cc(C(=O)NCC(/C=C\N)=N\C(F)F)n1C. The van der Waals surface area contributed by atoms with Gasteiger partial charge in [0, 0.05) is 27.9 Å². The number of nitrogens with two attached hydrogens (primary N) is 1. The summed E-state index contributed by atoms with van der Waals surface area (Å²) < 4.78 is 26.7. The van der Waals surface area contributed by atoms with Gasteiger partial charge in [0.1, 0.15) is 5.69 Å². The highest BCUT2D eigenvalue weighted by Gasteiger charge is 2.17. The van der Waals surface area contributed by atoms with E-state index in [0.29, 0.717) is 5.69 Å². The first-order valence-electron chi connectivity index (χ1n) is 8.67. The fourth-order valence-corrected chi connectivity index (χ4v) is 3.78. The molecule has 0 bridgehead atoms. The molecule has 0 atom stereocenters. The maximum atomic E-state index is 12.6. The topological polar surface area (TPSA) is 101 Å². The van der Waals surface area contributed by atoms with Crippen molar-refractivity contribution in [1.29, 1.82) is 0 Å². The number of nitrogens with zero attached hydrogens (tertiary/aromatic N) is 3. The Morgan fingerprint density at radius 1 is 1.45 bits per heavy atom. The zero-order valence-electron chi connectivity index (χ0n) is 15.8. The number of amides is 1. The second-order valence-corrected chi connectivity index (χ2v) is 7.31. The molecule has 0 aliphatic carbocycles. The molecule has 29 heavy (non-hydrogen) atoms. The van der Waals surface area contributed by atoms with Crippen LogP contribution in [-0.2, 0) is 7.05 Å². The predicted molar refractivity (Wildman–Crippen MR) is 109 cm³/mol. The Bertz CT molecular complexity index is 1090. The number of aliphatic imine (C=N–C) groups is 1. The Kier molecular flexibility index (Phi) is 6.32. The van der Waals surface area contributed by atoms with Gasteiger partial charge >= 0.3 is 6.55 Å². The normalized spacial score (nSPS) is 12.4. The minimum Gasteiger partial charge on any atom is -0.405 e. The van der Waals surface area contributed by atoms with Crippen LogP contribution in [0.15, 0.2) is 57.5 Å². The van der Waals surface area contributed by atoms with E-state index < -0.39 is 6.55 Å². The molecule has 4 N–H and O–H groups in total. The summed E-state index contributed by atoms with van der Waals surface area (Å²) in [5.74, 6) is -0.389. The highest BCUT2D eigenvalue weighted by atomic mass is 32.2. The van der Waals surface area contributed by atoms with Gasteiger partial charge in [0.15, 0.2) is 0 Å². The van der Waals surface area contributed by atoms with E-state index in [-0.39, 0.29) is 18.2 Å². The molecule has 0 unspecified atom stereocenters. The van der Waals surface area contributed by atoms with Gasteiger partial charge in [-0.3, -0.25) is 9.89 Å². The van der Waals surface area contributed by atoms with Crippen LogP contribution < -0.4 is 11.1 Å². The van der Waals surface area contributed by atoms with Crippen molar-refractivity contribution in [1.82, 2.24) is 20.1 Å². The Morgan fingerprint density at radius 3 is 2.97 bits per heavy atom. The monoisotopic (exact) mass is 418 g/mol. The zero-order chi connectivity index (χ0) is 21.0. The molecule has 0 aliphatic rings. The fraction of sp³-hybridized carbons (Fsp3) is 0.211. The minimum atomic E-state index is -2.87. The standard InChI is InChI=1S/C19H20F2N6OS/c1-11-17(29-14-3-4-15-12(7-14)9-24-26-15)8-16(27(11)2)18(28)23-10-13(5-6-22)25-19(20)21/h3-9,19H,10,22H2,1-2H3,(H,23,28)(H,24,26)/b6-5-,25-13-. The van der Waals surface area contributed by atoms with Gasteiger partial charge in [-0.2, -0.15) is 13.9 Å². The largest absolute Gasteiger partial charge is 0.405 e. The van der Waals surface area contributed by atoms with Gasteiger partial charge < -0.3 is 15.6 Å². The number of hydrogen-bond acceptors (Lipinski definition) is 5. The van der Waals surface area contributed by atoms with Crippen LogP contribution in [0.1, 0.15) is 16.2 Å². The Morgan fingerprint density at radius 2 is 2.24 bits per heavy atom. The summed E-state index contributed by atoms with van der Waals surface area (Å²) in [6.45, 7) is -1.11. The first-order valence-corrected chi connectivity index (χ1v) is 9.49. The maximum Gasteiger partial charge on any atom is 0.332 e. The maximum absolute atomic E-state index is 12.6. The zero-order valence-corrected chi connectivity index (χ0v) is 16.6. The van der Waals surface area contributed by atoms with Crippen molar-refractivity contribution in [2.75, 3.05) is 6.54 Å². The van der Waals surface area contributed by atoms with Gasteiger partial charge in [0.05, 0.1) is 24.0 Å². The number of carbonyl (C=O) groups is 1. The molecular weight excluding hydrogens is 398 g/mol. The number of carbonyl (C=O) groups excluding carboxylic acids is 1. The minimum absolute atomic E-state index is 0.00945. The molecule has 0 saturated carbocycles. The third-order valence-electron chi connectivity index (χ3n) is 4.34. The lowest BCUT2D eigenvalue weighted by Crippen LogP contribution is -2.30. The number of nitrogens with one attached hydrogen (secondary N) is 2. The van der Waals surface area contributed by atoms with E-state index in [9.17, 15) is 13.6 Å². The van der Waals surface area contributed by atoms with E-state index in [1.165, 1.54) is 17.8 Å². The van der Waals surface area contributed by atoms with Gasteiger partial charge in [-0.05, 0) is 43.5 Å². The average molecular weight is 418 g/mol. The Labute approximate surface area is 170 Å². The first-order chi connectivity index (χ1) is 13.9. The summed E-state index contributed by atoms with van der Waals surface area (Å²) in [6, 6.07) is 7.72. The van der Waals surface area contributed by atoms with E-state index in [2.05, 4.69) is 20.5 Å². The summed E-state index contributed by atoms with van der Waals surface area (Å²) in [7, 11) is 1.78. The highest BCUT2D eigenvalue weighted by Crippen LogP contribution is 2.33.